The first kappa shape index (κ1) is 13.7. The first-order valence-corrected chi connectivity index (χ1v) is 6.90. The van der Waals surface area contributed by atoms with Crippen LogP contribution in [0.3, 0.4) is 0 Å². The first-order chi connectivity index (χ1) is 7.47. The van der Waals surface area contributed by atoms with E-state index in [1.54, 1.807) is 11.3 Å². The van der Waals surface area contributed by atoms with Crippen LogP contribution in [0.15, 0.2) is 16.8 Å². The fourth-order valence-corrected chi connectivity index (χ4v) is 2.64. The molecule has 0 aromatic carbocycles. The Morgan fingerprint density at radius 1 is 1.50 bits per heavy atom. The van der Waals surface area contributed by atoms with Crippen molar-refractivity contribution in [2.24, 2.45) is 5.92 Å². The molecule has 2 N–H and O–H groups in total. The summed E-state index contributed by atoms with van der Waals surface area (Å²) in [4.78, 5) is 0. The molecule has 0 aliphatic heterocycles. The molecule has 1 aromatic heterocycles. The van der Waals surface area contributed by atoms with Gasteiger partial charge < -0.3 is 10.4 Å². The predicted molar refractivity (Wildman–Crippen MR) is 70.8 cm³/mol. The molecule has 0 bridgehead atoms. The van der Waals surface area contributed by atoms with Crippen molar-refractivity contribution in [3.05, 3.63) is 22.4 Å². The Bertz CT molecular complexity index is 293. The molecule has 0 spiro atoms. The third-order valence-corrected chi connectivity index (χ3v) is 3.78. The van der Waals surface area contributed by atoms with Crippen molar-refractivity contribution in [3.63, 3.8) is 0 Å². The maximum atomic E-state index is 10.3. The van der Waals surface area contributed by atoms with Gasteiger partial charge in [-0.05, 0) is 41.7 Å². The van der Waals surface area contributed by atoms with E-state index in [2.05, 4.69) is 26.1 Å². The molecule has 1 rings (SSSR count). The van der Waals surface area contributed by atoms with E-state index in [1.165, 1.54) is 0 Å². The molecule has 0 amide bonds. The molecule has 0 saturated carbocycles. The van der Waals surface area contributed by atoms with E-state index >= 15 is 0 Å². The normalized spacial score (nSPS) is 17.4. The molecule has 0 aliphatic rings. The zero-order valence-corrected chi connectivity index (χ0v) is 11.5. The molecule has 0 saturated heterocycles. The average molecular weight is 241 g/mol. The number of hydrogen-bond donors (Lipinski definition) is 2. The minimum Gasteiger partial charge on any atom is -0.384 e. The van der Waals surface area contributed by atoms with Crippen molar-refractivity contribution < 1.29 is 5.11 Å². The molecule has 0 fully saturated rings. The highest BCUT2D eigenvalue weighted by molar-refractivity contribution is 7.08. The molecule has 2 atom stereocenters. The zero-order valence-electron chi connectivity index (χ0n) is 10.7. The molecule has 1 heterocycles. The standard InChI is InChI=1S/C13H23NOS/c1-5-12(10(2)3)14-9-13(4,15)11-6-7-16-8-11/h6-8,10,12,14-15H,5,9H2,1-4H3. The minimum atomic E-state index is -0.762. The quantitative estimate of drug-likeness (QED) is 0.802. The second kappa shape index (κ2) is 5.80. The SMILES string of the molecule is CCC(NCC(C)(O)c1ccsc1)C(C)C. The van der Waals surface area contributed by atoms with Crippen molar-refractivity contribution in [1.29, 1.82) is 0 Å². The Morgan fingerprint density at radius 2 is 2.19 bits per heavy atom. The molecule has 2 unspecified atom stereocenters. The van der Waals surface area contributed by atoms with Crippen molar-refractivity contribution in [2.75, 3.05) is 6.54 Å². The van der Waals surface area contributed by atoms with Crippen LogP contribution in [-0.2, 0) is 5.60 Å². The van der Waals surface area contributed by atoms with Gasteiger partial charge in [0.25, 0.3) is 0 Å². The Balaban J connectivity index is 2.54. The summed E-state index contributed by atoms with van der Waals surface area (Å²) in [6.45, 7) is 9.08. The lowest BCUT2D eigenvalue weighted by Gasteiger charge is -2.28. The Labute approximate surface area is 103 Å². The summed E-state index contributed by atoms with van der Waals surface area (Å²) in [6.07, 6.45) is 1.09. The monoisotopic (exact) mass is 241 g/mol. The van der Waals surface area contributed by atoms with Gasteiger partial charge in [-0.1, -0.05) is 20.8 Å². The number of aliphatic hydroxyl groups is 1. The first-order valence-electron chi connectivity index (χ1n) is 5.95. The van der Waals surface area contributed by atoms with E-state index in [9.17, 15) is 5.11 Å². The van der Waals surface area contributed by atoms with Gasteiger partial charge in [-0.2, -0.15) is 11.3 Å². The Hall–Kier alpha value is -0.380. The fraction of sp³-hybridized carbons (Fsp3) is 0.692. The van der Waals surface area contributed by atoms with Crippen molar-refractivity contribution >= 4 is 11.3 Å². The third-order valence-electron chi connectivity index (χ3n) is 3.10. The van der Waals surface area contributed by atoms with Crippen LogP contribution in [-0.4, -0.2) is 17.7 Å². The van der Waals surface area contributed by atoms with Gasteiger partial charge in [0.2, 0.25) is 0 Å². The van der Waals surface area contributed by atoms with E-state index in [-0.39, 0.29) is 0 Å². The van der Waals surface area contributed by atoms with Gasteiger partial charge in [0.05, 0.1) is 5.60 Å². The zero-order chi connectivity index (χ0) is 12.2. The smallest absolute Gasteiger partial charge is 0.1000 e. The van der Waals surface area contributed by atoms with Crippen LogP contribution >= 0.6 is 11.3 Å². The molecule has 16 heavy (non-hydrogen) atoms. The molecule has 0 radical (unpaired) electrons. The van der Waals surface area contributed by atoms with Gasteiger partial charge >= 0.3 is 0 Å². The van der Waals surface area contributed by atoms with Gasteiger partial charge in [0, 0.05) is 12.6 Å². The third kappa shape index (κ3) is 3.58. The van der Waals surface area contributed by atoms with Crippen LogP contribution in [0.5, 0.6) is 0 Å². The number of thiophene rings is 1. The van der Waals surface area contributed by atoms with E-state index in [4.69, 9.17) is 0 Å². The van der Waals surface area contributed by atoms with E-state index in [0.29, 0.717) is 18.5 Å². The van der Waals surface area contributed by atoms with Crippen LogP contribution < -0.4 is 5.32 Å². The molecule has 1 aromatic rings. The summed E-state index contributed by atoms with van der Waals surface area (Å²) in [5.74, 6) is 0.600. The topological polar surface area (TPSA) is 32.3 Å². The van der Waals surface area contributed by atoms with E-state index in [1.807, 2.05) is 23.8 Å². The summed E-state index contributed by atoms with van der Waals surface area (Å²) in [6, 6.07) is 2.47. The summed E-state index contributed by atoms with van der Waals surface area (Å²) < 4.78 is 0. The average Bonchev–Trinajstić information content (AvgIpc) is 2.71. The van der Waals surface area contributed by atoms with Crippen LogP contribution in [0.25, 0.3) is 0 Å². The van der Waals surface area contributed by atoms with Crippen LogP contribution in [0.1, 0.15) is 39.7 Å². The Kier molecular flexibility index (Phi) is 4.96. The summed E-state index contributed by atoms with van der Waals surface area (Å²) in [5, 5.41) is 17.8. The lowest BCUT2D eigenvalue weighted by Crippen LogP contribution is -2.42. The molecule has 3 heteroatoms. The maximum Gasteiger partial charge on any atom is 0.1000 e. The minimum absolute atomic E-state index is 0.477. The van der Waals surface area contributed by atoms with Crippen molar-refractivity contribution in [1.82, 2.24) is 5.32 Å². The summed E-state index contributed by atoms with van der Waals surface area (Å²) in [5.41, 5.74) is 0.242. The molecule has 0 aliphatic carbocycles. The maximum absolute atomic E-state index is 10.3. The van der Waals surface area contributed by atoms with Gasteiger partial charge in [-0.3, -0.25) is 0 Å². The lowest BCUT2D eigenvalue weighted by atomic mass is 9.96. The number of nitrogens with one attached hydrogen (secondary N) is 1. The highest BCUT2D eigenvalue weighted by Crippen LogP contribution is 2.22. The van der Waals surface area contributed by atoms with Gasteiger partial charge in [-0.15, -0.1) is 0 Å². The highest BCUT2D eigenvalue weighted by Gasteiger charge is 2.24. The van der Waals surface area contributed by atoms with Crippen molar-refractivity contribution in [3.8, 4) is 0 Å². The second-order valence-electron chi connectivity index (χ2n) is 4.93. The number of hydrogen-bond acceptors (Lipinski definition) is 3. The van der Waals surface area contributed by atoms with Gasteiger partial charge in [-0.25, -0.2) is 0 Å². The predicted octanol–water partition coefficient (Wildman–Crippen LogP) is 2.98. The number of rotatable bonds is 6. The summed E-state index contributed by atoms with van der Waals surface area (Å²) in [7, 11) is 0. The molecular formula is C13H23NOS. The van der Waals surface area contributed by atoms with E-state index in [0.717, 1.165) is 12.0 Å². The second-order valence-corrected chi connectivity index (χ2v) is 5.71. The molecule has 92 valence electrons. The summed E-state index contributed by atoms with van der Waals surface area (Å²) >= 11 is 1.62. The largest absolute Gasteiger partial charge is 0.384 e. The molecule has 2 nitrogen and oxygen atoms in total. The van der Waals surface area contributed by atoms with Gasteiger partial charge in [0.15, 0.2) is 0 Å². The van der Waals surface area contributed by atoms with Crippen LogP contribution in [0, 0.1) is 5.92 Å². The Morgan fingerprint density at radius 3 is 2.62 bits per heavy atom. The van der Waals surface area contributed by atoms with E-state index < -0.39 is 5.60 Å². The van der Waals surface area contributed by atoms with Crippen molar-refractivity contribution in [2.45, 2.75) is 45.8 Å². The highest BCUT2D eigenvalue weighted by atomic mass is 32.1. The lowest BCUT2D eigenvalue weighted by molar-refractivity contribution is 0.0522. The fourth-order valence-electron chi connectivity index (χ4n) is 1.85. The van der Waals surface area contributed by atoms with Gasteiger partial charge in [0.1, 0.15) is 0 Å². The van der Waals surface area contributed by atoms with Crippen LogP contribution in [0.4, 0.5) is 0 Å². The van der Waals surface area contributed by atoms with Crippen LogP contribution in [0.2, 0.25) is 0 Å². The molecular weight excluding hydrogens is 218 g/mol.